The lowest BCUT2D eigenvalue weighted by molar-refractivity contribution is -0.154. The molecule has 1 aliphatic rings. The summed E-state index contributed by atoms with van der Waals surface area (Å²) < 4.78 is 19.6. The summed E-state index contributed by atoms with van der Waals surface area (Å²) in [5.41, 5.74) is 0. The van der Waals surface area contributed by atoms with Gasteiger partial charge in [-0.25, -0.2) is 4.79 Å². The molecule has 1 aliphatic heterocycles. The Labute approximate surface area is 184 Å². The first-order chi connectivity index (χ1) is 15.2. The Morgan fingerprint density at radius 3 is 2.00 bits per heavy atom. The summed E-state index contributed by atoms with van der Waals surface area (Å²) in [7, 11) is -3.15. The lowest BCUT2D eigenvalue weighted by atomic mass is 10.0. The van der Waals surface area contributed by atoms with E-state index < -0.39 is 49.8 Å². The van der Waals surface area contributed by atoms with Crippen LogP contribution in [0.4, 0.5) is 0 Å². The molecule has 2 aromatic rings. The molecule has 0 saturated carbocycles. The summed E-state index contributed by atoms with van der Waals surface area (Å²) in [5.74, 6) is -1.05. The molecule has 3 rings (SSSR count). The van der Waals surface area contributed by atoms with Crippen molar-refractivity contribution >= 4 is 24.7 Å². The van der Waals surface area contributed by atoms with Gasteiger partial charge in [0.2, 0.25) is 0 Å². The van der Waals surface area contributed by atoms with Crippen LogP contribution in [0.25, 0.3) is 0 Å². The molecule has 0 aromatic heterocycles. The van der Waals surface area contributed by atoms with Crippen LogP contribution >= 0.6 is 0 Å². The zero-order valence-electron chi connectivity index (χ0n) is 18.6. The van der Waals surface area contributed by atoms with Crippen LogP contribution in [0.2, 0.25) is 5.04 Å². The van der Waals surface area contributed by atoms with Gasteiger partial charge in [-0.05, 0) is 15.4 Å². The second-order valence-corrected chi connectivity index (χ2v) is 12.7. The molecule has 0 aliphatic carbocycles. The highest BCUT2D eigenvalue weighted by molar-refractivity contribution is 6.99. The first-order valence-electron chi connectivity index (χ1n) is 10.8. The second-order valence-electron chi connectivity index (χ2n) is 8.50. The molecule has 0 unspecified atom stereocenters. The highest BCUT2D eigenvalue weighted by Gasteiger charge is 2.52. The van der Waals surface area contributed by atoms with Gasteiger partial charge < -0.3 is 29.6 Å². The van der Waals surface area contributed by atoms with E-state index in [1.807, 2.05) is 74.5 Å². The molecule has 0 radical (unpaired) electrons. The van der Waals surface area contributed by atoms with Crippen LogP contribution < -0.4 is 10.4 Å². The fraction of sp³-hybridized carbons (Fsp3) is 0.435. The van der Waals surface area contributed by atoms with E-state index in [9.17, 15) is 25.2 Å². The Balaban J connectivity index is 1.95. The van der Waals surface area contributed by atoms with Gasteiger partial charge in [-0.1, -0.05) is 81.4 Å². The van der Waals surface area contributed by atoms with Gasteiger partial charge in [0.25, 0.3) is 8.32 Å². The third kappa shape index (κ3) is 4.45. The fourth-order valence-electron chi connectivity index (χ4n) is 4.05. The topological polar surface area (TPSA) is 116 Å². The van der Waals surface area contributed by atoms with Crippen LogP contribution in [0.3, 0.4) is 0 Å². The number of aliphatic hydroxyl groups is 4. The number of hydrogen-bond acceptors (Lipinski definition) is 7. The number of esters is 1. The van der Waals surface area contributed by atoms with Crippen LogP contribution in [-0.4, -0.2) is 71.8 Å². The first kappa shape index (κ1) is 22.1. The molecule has 1 saturated heterocycles. The maximum atomic E-state index is 11.5. The Morgan fingerprint density at radius 2 is 1.58 bits per heavy atom. The lowest BCUT2D eigenvalue weighted by Crippen LogP contribution is -2.67. The summed E-state index contributed by atoms with van der Waals surface area (Å²) in [4.78, 5) is 11.5. The van der Waals surface area contributed by atoms with Crippen LogP contribution in [0.15, 0.2) is 60.7 Å². The maximum Gasteiger partial charge on any atom is 0.338 e. The van der Waals surface area contributed by atoms with E-state index in [2.05, 4.69) is 0 Å². The maximum absolute atomic E-state index is 11.5. The van der Waals surface area contributed by atoms with Crippen molar-refractivity contribution in [3.8, 4) is 0 Å². The first-order valence-corrected chi connectivity index (χ1v) is 12.0. The van der Waals surface area contributed by atoms with Gasteiger partial charge in [0, 0.05) is 1.37 Å². The summed E-state index contributed by atoms with van der Waals surface area (Å²) in [6.07, 6.45) is -8.06. The molecule has 0 spiro atoms. The zero-order chi connectivity index (χ0) is 23.5. The molecule has 0 amide bonds. The summed E-state index contributed by atoms with van der Waals surface area (Å²) >= 11 is 0. The van der Waals surface area contributed by atoms with Crippen LogP contribution in [0.1, 0.15) is 22.1 Å². The molecule has 31 heavy (non-hydrogen) atoms. The van der Waals surface area contributed by atoms with Crippen molar-refractivity contribution in [2.45, 2.75) is 56.3 Å². The monoisotopic (exact) mass is 447 g/mol. The highest BCUT2D eigenvalue weighted by Crippen LogP contribution is 2.37. The molecule has 1 heterocycles. The lowest BCUT2D eigenvalue weighted by Gasteiger charge is -2.43. The van der Waals surface area contributed by atoms with Gasteiger partial charge in [-0.2, -0.15) is 0 Å². The van der Waals surface area contributed by atoms with Gasteiger partial charge in [0.1, 0.15) is 18.3 Å². The number of hydrogen-bond donors (Lipinski definition) is 4. The third-order valence-electron chi connectivity index (χ3n) is 5.67. The van der Waals surface area contributed by atoms with Gasteiger partial charge in [0.15, 0.2) is 12.2 Å². The Bertz CT molecular complexity index is 856. The minimum absolute atomic E-state index is 0.0623. The van der Waals surface area contributed by atoms with Crippen LogP contribution in [-0.2, 0) is 14.0 Å². The molecule has 0 bridgehead atoms. The van der Waals surface area contributed by atoms with Crippen molar-refractivity contribution in [1.29, 1.82) is 0 Å². The average molecular weight is 448 g/mol. The third-order valence-corrected chi connectivity index (χ3v) is 10.5. The van der Waals surface area contributed by atoms with Crippen molar-refractivity contribution in [3.05, 3.63) is 60.7 Å². The molecule has 1 fully saturated rings. The number of cyclic esters (lactones) is 1. The fourth-order valence-corrected chi connectivity index (χ4v) is 8.41. The van der Waals surface area contributed by atoms with Crippen molar-refractivity contribution in [2.24, 2.45) is 0 Å². The molecule has 5 atom stereocenters. The Hall–Kier alpha value is -2.07. The van der Waals surface area contributed by atoms with Crippen LogP contribution in [0.5, 0.6) is 0 Å². The van der Waals surface area contributed by atoms with E-state index in [1.165, 1.54) is 0 Å². The van der Waals surface area contributed by atoms with Gasteiger partial charge in [-0.3, -0.25) is 0 Å². The number of carbonyl (C=O) groups is 1. The molecular weight excluding hydrogens is 416 g/mol. The highest BCUT2D eigenvalue weighted by atomic mass is 28.4. The van der Waals surface area contributed by atoms with Crippen molar-refractivity contribution < 1.29 is 35.8 Å². The summed E-state index contributed by atoms with van der Waals surface area (Å²) in [5, 5.41) is 42.0. The average Bonchev–Trinajstić information content (AvgIpc) is 3.07. The molecule has 8 heteroatoms. The summed E-state index contributed by atoms with van der Waals surface area (Å²) in [6.45, 7) is 3.64. The van der Waals surface area contributed by atoms with E-state index in [0.717, 1.165) is 10.4 Å². The molecular formula is C23H30O7Si. The van der Waals surface area contributed by atoms with Gasteiger partial charge in [0.05, 0.1) is 6.61 Å². The van der Waals surface area contributed by atoms with E-state index in [4.69, 9.17) is 10.5 Å². The number of benzene rings is 2. The molecule has 168 valence electrons. The van der Waals surface area contributed by atoms with E-state index in [-0.39, 0.29) is 13.5 Å². The zero-order valence-corrected chi connectivity index (χ0v) is 18.6. The van der Waals surface area contributed by atoms with Crippen molar-refractivity contribution in [3.63, 3.8) is 0 Å². The minimum atomic E-state index is -3.15. The van der Waals surface area contributed by atoms with E-state index in [1.54, 1.807) is 0 Å². The van der Waals surface area contributed by atoms with E-state index in [0.29, 0.717) is 0 Å². The second kappa shape index (κ2) is 9.19. The standard InChI is InChI=1S/C23H30O7Si/c1-23(2,3)31(15-10-6-4-7-11-15,16-12-8-5-9-13-16)29-14-17(24)18(25)21-19(26)20(27)22(28)30-21/h4-13,17-21,24-27H,14H2,1-3H3/t17-,18+,19-,20+,21-/m0/s1/i1D. The Morgan fingerprint density at radius 1 is 1.06 bits per heavy atom. The smallest absolute Gasteiger partial charge is 0.338 e. The number of aliphatic hydroxyl groups excluding tert-OH is 4. The van der Waals surface area contributed by atoms with Gasteiger partial charge in [-0.15, -0.1) is 0 Å². The molecule has 7 nitrogen and oxygen atoms in total. The van der Waals surface area contributed by atoms with Crippen molar-refractivity contribution in [1.82, 2.24) is 0 Å². The number of ether oxygens (including phenoxy) is 1. The largest absolute Gasteiger partial charge is 0.455 e. The predicted molar refractivity (Wildman–Crippen MR) is 117 cm³/mol. The molecule has 4 N–H and O–H groups in total. The van der Waals surface area contributed by atoms with Crippen molar-refractivity contribution in [2.75, 3.05) is 6.61 Å². The minimum Gasteiger partial charge on any atom is -0.455 e. The number of rotatable bonds is 7. The van der Waals surface area contributed by atoms with Gasteiger partial charge >= 0.3 is 5.97 Å². The molecule has 2 aromatic carbocycles. The SMILES string of the molecule is [2H]CC(C)(C)[Si](OC[C@H](O)[C@@H](O)[C@@H]1OC(=O)[C@H](O)[C@@H]1O)(c1ccccc1)c1ccccc1. The number of carbonyl (C=O) groups excluding carboxylic acids is 1. The Kier molecular flexibility index (Phi) is 6.56. The van der Waals surface area contributed by atoms with Crippen LogP contribution in [0, 0.1) is 0 Å². The normalized spacial score (nSPS) is 24.4. The predicted octanol–water partition coefficient (Wildman–Crippen LogP) is -0.0680. The quantitative estimate of drug-likeness (QED) is 0.347. The van der Waals surface area contributed by atoms with E-state index >= 15 is 0 Å². The summed E-state index contributed by atoms with van der Waals surface area (Å²) in [6, 6.07) is 19.1.